The van der Waals surface area contributed by atoms with E-state index < -0.39 is 24.2 Å². The molecule has 0 saturated heterocycles. The van der Waals surface area contributed by atoms with Crippen molar-refractivity contribution in [2.45, 2.75) is 63.5 Å². The standard InChI is InChI=1S/C20H42N6O6/c21-9-3-1-7-16(24)14-31-19(28)26(12-6-5-11-23)13-18(27)25-17(8-2-4-10-22)15-32-20(29)30/h16-17H,1-15,21-24H2,(H,25,27)(H,29,30)/t16-,17+/m0/s1. The molecule has 0 radical (unpaired) electrons. The van der Waals surface area contributed by atoms with Crippen molar-refractivity contribution in [2.75, 3.05) is 45.9 Å². The summed E-state index contributed by atoms with van der Waals surface area (Å²) >= 11 is 0. The van der Waals surface area contributed by atoms with Crippen LogP contribution in [-0.2, 0) is 14.3 Å². The molecule has 12 heteroatoms. The van der Waals surface area contributed by atoms with Crippen LogP contribution in [0.3, 0.4) is 0 Å². The lowest BCUT2D eigenvalue weighted by atomic mass is 10.1. The molecule has 0 aromatic carbocycles. The van der Waals surface area contributed by atoms with E-state index in [1.165, 1.54) is 4.90 Å². The molecule has 0 aromatic heterocycles. The fraction of sp³-hybridized carbons (Fsp3) is 0.850. The van der Waals surface area contributed by atoms with E-state index in [-0.39, 0.29) is 25.8 Å². The maximum absolute atomic E-state index is 12.5. The van der Waals surface area contributed by atoms with Gasteiger partial charge in [0.05, 0.1) is 6.04 Å². The van der Waals surface area contributed by atoms with Crippen LogP contribution in [0.25, 0.3) is 0 Å². The van der Waals surface area contributed by atoms with Gasteiger partial charge in [0.25, 0.3) is 0 Å². The van der Waals surface area contributed by atoms with Crippen molar-refractivity contribution >= 4 is 18.2 Å². The molecule has 0 aliphatic heterocycles. The quantitative estimate of drug-likeness (QED) is 0.111. The van der Waals surface area contributed by atoms with Gasteiger partial charge in [0.15, 0.2) is 0 Å². The molecule has 188 valence electrons. The number of rotatable bonds is 19. The van der Waals surface area contributed by atoms with E-state index in [0.29, 0.717) is 58.3 Å². The number of ether oxygens (including phenoxy) is 2. The molecular weight excluding hydrogens is 420 g/mol. The summed E-state index contributed by atoms with van der Waals surface area (Å²) in [6.07, 6.45) is 3.59. The van der Waals surface area contributed by atoms with Crippen LogP contribution in [-0.4, -0.2) is 86.2 Å². The van der Waals surface area contributed by atoms with Crippen LogP contribution in [0.5, 0.6) is 0 Å². The fourth-order valence-corrected chi connectivity index (χ4v) is 2.94. The molecule has 2 amide bonds. The first-order valence-electron chi connectivity index (χ1n) is 11.3. The van der Waals surface area contributed by atoms with Crippen LogP contribution in [0.15, 0.2) is 0 Å². The summed E-state index contributed by atoms with van der Waals surface area (Å²) in [4.78, 5) is 37.1. The molecule has 0 rings (SSSR count). The van der Waals surface area contributed by atoms with Crippen LogP contribution >= 0.6 is 0 Å². The molecular formula is C20H42N6O6. The van der Waals surface area contributed by atoms with Crippen LogP contribution in [0.2, 0.25) is 0 Å². The number of nitrogens with one attached hydrogen (secondary N) is 1. The van der Waals surface area contributed by atoms with Crippen LogP contribution in [0.4, 0.5) is 9.59 Å². The minimum Gasteiger partial charge on any atom is -0.450 e. The van der Waals surface area contributed by atoms with Crippen molar-refractivity contribution in [3.8, 4) is 0 Å². The summed E-state index contributed by atoms with van der Waals surface area (Å²) in [5, 5.41) is 11.5. The third kappa shape index (κ3) is 16.5. The van der Waals surface area contributed by atoms with Gasteiger partial charge in [-0.2, -0.15) is 0 Å². The Kier molecular flexibility index (Phi) is 18.2. The molecule has 32 heavy (non-hydrogen) atoms. The lowest BCUT2D eigenvalue weighted by Crippen LogP contribution is -2.46. The van der Waals surface area contributed by atoms with Crippen molar-refractivity contribution < 1.29 is 29.0 Å². The van der Waals surface area contributed by atoms with E-state index >= 15 is 0 Å². The van der Waals surface area contributed by atoms with Gasteiger partial charge >= 0.3 is 12.2 Å². The lowest BCUT2D eigenvalue weighted by Gasteiger charge is -2.24. The molecule has 0 unspecified atom stereocenters. The Labute approximate surface area is 190 Å². The molecule has 0 aromatic rings. The van der Waals surface area contributed by atoms with E-state index in [2.05, 4.69) is 10.1 Å². The van der Waals surface area contributed by atoms with Gasteiger partial charge in [-0.25, -0.2) is 9.59 Å². The molecule has 2 atom stereocenters. The largest absolute Gasteiger partial charge is 0.505 e. The molecule has 0 aliphatic carbocycles. The first kappa shape index (κ1) is 29.9. The fourth-order valence-electron chi connectivity index (χ4n) is 2.94. The Morgan fingerprint density at radius 2 is 1.44 bits per heavy atom. The Balaban J connectivity index is 4.79. The van der Waals surface area contributed by atoms with Crippen LogP contribution in [0.1, 0.15) is 51.4 Å². The van der Waals surface area contributed by atoms with Crippen molar-refractivity contribution in [2.24, 2.45) is 22.9 Å². The second-order valence-corrected chi connectivity index (χ2v) is 7.66. The highest BCUT2D eigenvalue weighted by Gasteiger charge is 2.21. The summed E-state index contributed by atoms with van der Waals surface area (Å²) in [6, 6.07) is -0.812. The highest BCUT2D eigenvalue weighted by molar-refractivity contribution is 5.82. The number of carbonyl (C=O) groups is 3. The predicted octanol–water partition coefficient (Wildman–Crippen LogP) is -0.0714. The molecule has 0 bridgehead atoms. The van der Waals surface area contributed by atoms with Gasteiger partial charge < -0.3 is 42.8 Å². The number of hydrogen-bond acceptors (Lipinski definition) is 9. The third-order valence-corrected chi connectivity index (χ3v) is 4.70. The summed E-state index contributed by atoms with van der Waals surface area (Å²) < 4.78 is 9.90. The second kappa shape index (κ2) is 19.5. The molecule has 12 nitrogen and oxygen atoms in total. The average molecular weight is 463 g/mol. The Hall–Kier alpha value is -2.15. The molecule has 0 fully saturated rings. The minimum absolute atomic E-state index is 0.0482. The van der Waals surface area contributed by atoms with E-state index in [0.717, 1.165) is 19.3 Å². The number of carboxylic acid groups (broad SMARTS) is 1. The predicted molar refractivity (Wildman–Crippen MR) is 121 cm³/mol. The van der Waals surface area contributed by atoms with Crippen molar-refractivity contribution in [3.63, 3.8) is 0 Å². The Morgan fingerprint density at radius 3 is 2.03 bits per heavy atom. The van der Waals surface area contributed by atoms with Crippen molar-refractivity contribution in [1.82, 2.24) is 10.2 Å². The van der Waals surface area contributed by atoms with Gasteiger partial charge in [-0.15, -0.1) is 0 Å². The molecule has 0 spiro atoms. The van der Waals surface area contributed by atoms with Gasteiger partial charge in [0.1, 0.15) is 19.8 Å². The smallest absolute Gasteiger partial charge is 0.450 e. The number of nitrogens with zero attached hydrogens (tertiary/aromatic N) is 1. The van der Waals surface area contributed by atoms with Gasteiger partial charge in [-0.05, 0) is 58.2 Å². The SMILES string of the molecule is NCCCC[C@H](N)COC(=O)N(CCCCN)CC(=O)N[C@H](CCCCN)COC(=O)O. The van der Waals surface area contributed by atoms with E-state index in [1.54, 1.807) is 0 Å². The van der Waals surface area contributed by atoms with Crippen LogP contribution < -0.4 is 28.3 Å². The van der Waals surface area contributed by atoms with Gasteiger partial charge in [0.2, 0.25) is 5.91 Å². The summed E-state index contributed by atoms with van der Waals surface area (Å²) in [7, 11) is 0. The molecule has 10 N–H and O–H groups in total. The zero-order valence-electron chi connectivity index (χ0n) is 19.0. The van der Waals surface area contributed by atoms with Gasteiger partial charge in [0, 0.05) is 12.6 Å². The minimum atomic E-state index is -1.42. The first-order chi connectivity index (χ1) is 15.3. The van der Waals surface area contributed by atoms with Crippen molar-refractivity contribution in [3.05, 3.63) is 0 Å². The summed E-state index contributed by atoms with van der Waals surface area (Å²) in [6.45, 7) is 1.49. The monoisotopic (exact) mass is 462 g/mol. The van der Waals surface area contributed by atoms with E-state index in [4.69, 9.17) is 32.8 Å². The topological polar surface area (TPSA) is 209 Å². The third-order valence-electron chi connectivity index (χ3n) is 4.70. The Morgan fingerprint density at radius 1 is 0.844 bits per heavy atom. The molecule has 0 heterocycles. The first-order valence-corrected chi connectivity index (χ1v) is 11.3. The average Bonchev–Trinajstić information content (AvgIpc) is 2.75. The van der Waals surface area contributed by atoms with E-state index in [1.807, 2.05) is 0 Å². The maximum atomic E-state index is 12.5. The maximum Gasteiger partial charge on any atom is 0.505 e. The normalized spacial score (nSPS) is 12.6. The number of nitrogens with two attached hydrogens (primary N) is 4. The highest BCUT2D eigenvalue weighted by atomic mass is 16.7. The van der Waals surface area contributed by atoms with Crippen molar-refractivity contribution in [1.29, 1.82) is 0 Å². The number of unbranched alkanes of at least 4 members (excludes halogenated alkanes) is 3. The van der Waals surface area contributed by atoms with Crippen LogP contribution in [0, 0.1) is 0 Å². The highest BCUT2D eigenvalue weighted by Crippen LogP contribution is 2.05. The zero-order chi connectivity index (χ0) is 24.2. The van der Waals surface area contributed by atoms with E-state index in [9.17, 15) is 14.4 Å². The summed E-state index contributed by atoms with van der Waals surface area (Å²) in [5.74, 6) is -0.436. The van der Waals surface area contributed by atoms with Gasteiger partial charge in [-0.1, -0.05) is 12.8 Å². The number of hydrogen-bond donors (Lipinski definition) is 6. The second-order valence-electron chi connectivity index (χ2n) is 7.66. The number of amides is 2. The van der Waals surface area contributed by atoms with Gasteiger partial charge in [-0.3, -0.25) is 9.69 Å². The lowest BCUT2D eigenvalue weighted by molar-refractivity contribution is -0.123. The summed E-state index contributed by atoms with van der Waals surface area (Å²) in [5.41, 5.74) is 22.4. The number of carbonyl (C=O) groups excluding carboxylic acids is 2. The Bertz CT molecular complexity index is 525. The zero-order valence-corrected chi connectivity index (χ0v) is 19.0. The molecule has 0 aliphatic rings. The molecule has 0 saturated carbocycles.